The standard InChI is InChI=1S/C74H129N3/c1-4-7-10-13-16-19-22-25-28-31-34-37-40-43-46-55-64-75-72-63-62-70(73(68-58-51-49-52-59-68)76-65-56-47-44-41-38-35-32-29-26-23-20-17-14-11-8-5-2)67-71(72)74(69-60-53-50-54-61-69)77-66-57-48-45-42-39-36-33-30-27-24-21-18-15-12-9-6-3/h49-54,58-63,67,73-77H,4-48,55-57,64-66H2,1-3H3. The Kier molecular flexibility index (Phi) is 47.0. The van der Waals surface area contributed by atoms with Gasteiger partial charge >= 0.3 is 0 Å². The summed E-state index contributed by atoms with van der Waals surface area (Å²) in [6.07, 6.45) is 67.5. The van der Waals surface area contributed by atoms with E-state index in [4.69, 9.17) is 0 Å². The summed E-state index contributed by atoms with van der Waals surface area (Å²) in [5.41, 5.74) is 6.80. The summed E-state index contributed by atoms with van der Waals surface area (Å²) in [5, 5.41) is 12.3. The summed E-state index contributed by atoms with van der Waals surface area (Å²) in [6.45, 7) is 10.1. The van der Waals surface area contributed by atoms with E-state index in [1.807, 2.05) is 0 Å². The molecule has 440 valence electrons. The van der Waals surface area contributed by atoms with E-state index >= 15 is 0 Å². The molecule has 3 nitrogen and oxygen atoms in total. The molecular weight excluding hydrogens is 931 g/mol. The van der Waals surface area contributed by atoms with Crippen molar-refractivity contribution in [2.24, 2.45) is 0 Å². The molecule has 0 amide bonds. The fourth-order valence-corrected chi connectivity index (χ4v) is 12.0. The maximum atomic E-state index is 4.15. The Morgan fingerprint density at radius 1 is 0.247 bits per heavy atom. The zero-order chi connectivity index (χ0) is 54.4. The number of rotatable bonds is 58. The maximum Gasteiger partial charge on any atom is 0.0597 e. The second kappa shape index (κ2) is 52.7. The number of hydrogen-bond acceptors (Lipinski definition) is 3. The van der Waals surface area contributed by atoms with Gasteiger partial charge in [0, 0.05) is 12.2 Å². The molecule has 0 spiro atoms. The third-order valence-electron chi connectivity index (χ3n) is 17.1. The third kappa shape index (κ3) is 37.9. The van der Waals surface area contributed by atoms with Crippen LogP contribution in [0.3, 0.4) is 0 Å². The van der Waals surface area contributed by atoms with Gasteiger partial charge in [0.05, 0.1) is 12.1 Å². The molecule has 0 saturated heterocycles. The first-order valence-corrected chi connectivity index (χ1v) is 34.7. The molecule has 0 aliphatic rings. The minimum absolute atomic E-state index is 0.137. The highest BCUT2D eigenvalue weighted by atomic mass is 14.9. The van der Waals surface area contributed by atoms with Crippen molar-refractivity contribution in [3.05, 3.63) is 101 Å². The third-order valence-corrected chi connectivity index (χ3v) is 17.1. The highest BCUT2D eigenvalue weighted by molar-refractivity contribution is 5.57. The van der Waals surface area contributed by atoms with E-state index in [0.29, 0.717) is 0 Å². The highest BCUT2D eigenvalue weighted by Crippen LogP contribution is 2.34. The average Bonchev–Trinajstić information content (AvgIpc) is 3.46. The second-order valence-electron chi connectivity index (χ2n) is 24.3. The Morgan fingerprint density at radius 2 is 0.506 bits per heavy atom. The van der Waals surface area contributed by atoms with Gasteiger partial charge in [-0.1, -0.05) is 376 Å². The lowest BCUT2D eigenvalue weighted by Gasteiger charge is -2.27. The molecule has 3 rings (SSSR count). The van der Waals surface area contributed by atoms with Crippen molar-refractivity contribution in [3.8, 4) is 0 Å². The molecule has 3 N–H and O–H groups in total. The monoisotopic (exact) mass is 1060 g/mol. The molecule has 3 aromatic rings. The minimum Gasteiger partial charge on any atom is -0.385 e. The Hall–Kier alpha value is -2.62. The molecule has 0 bridgehead atoms. The molecular formula is C74H129N3. The average molecular weight is 1060 g/mol. The van der Waals surface area contributed by atoms with E-state index in [1.54, 1.807) is 0 Å². The quantitative estimate of drug-likeness (QED) is 0.0493. The van der Waals surface area contributed by atoms with Gasteiger partial charge in [0.1, 0.15) is 0 Å². The summed E-state index contributed by atoms with van der Waals surface area (Å²) in [5.74, 6) is 0. The van der Waals surface area contributed by atoms with Crippen LogP contribution in [0.25, 0.3) is 0 Å². The van der Waals surface area contributed by atoms with Crippen LogP contribution >= 0.6 is 0 Å². The van der Waals surface area contributed by atoms with Gasteiger partial charge in [0.25, 0.3) is 0 Å². The van der Waals surface area contributed by atoms with Gasteiger partial charge in [0.15, 0.2) is 0 Å². The zero-order valence-corrected chi connectivity index (χ0v) is 51.7. The van der Waals surface area contributed by atoms with Gasteiger partial charge in [0.2, 0.25) is 0 Å². The summed E-state index contributed by atoms with van der Waals surface area (Å²) in [6, 6.07) is 30.3. The highest BCUT2D eigenvalue weighted by Gasteiger charge is 2.21. The van der Waals surface area contributed by atoms with Gasteiger partial charge in [-0.25, -0.2) is 0 Å². The van der Waals surface area contributed by atoms with Crippen LogP contribution < -0.4 is 16.0 Å². The molecule has 0 aliphatic heterocycles. The van der Waals surface area contributed by atoms with Gasteiger partial charge in [-0.2, -0.15) is 0 Å². The number of hydrogen-bond donors (Lipinski definition) is 3. The van der Waals surface area contributed by atoms with Crippen molar-refractivity contribution in [3.63, 3.8) is 0 Å². The summed E-state index contributed by atoms with van der Waals surface area (Å²) in [7, 11) is 0. The number of benzene rings is 3. The van der Waals surface area contributed by atoms with Gasteiger partial charge in [-0.05, 0) is 66.7 Å². The molecule has 3 aromatic carbocycles. The number of unbranched alkanes of at least 4 members (excludes halogenated alkanes) is 45. The van der Waals surface area contributed by atoms with Crippen LogP contribution in [0.5, 0.6) is 0 Å². The molecule has 2 unspecified atom stereocenters. The van der Waals surface area contributed by atoms with Gasteiger partial charge in [-0.15, -0.1) is 0 Å². The van der Waals surface area contributed by atoms with Crippen molar-refractivity contribution in [2.75, 3.05) is 25.0 Å². The van der Waals surface area contributed by atoms with Crippen LogP contribution in [0, 0.1) is 0 Å². The van der Waals surface area contributed by atoms with Crippen molar-refractivity contribution in [1.29, 1.82) is 0 Å². The molecule has 0 radical (unpaired) electrons. The lowest BCUT2D eigenvalue weighted by Crippen LogP contribution is -2.27. The van der Waals surface area contributed by atoms with E-state index in [-0.39, 0.29) is 12.1 Å². The predicted octanol–water partition coefficient (Wildman–Crippen LogP) is 24.2. The molecule has 0 fully saturated rings. The lowest BCUT2D eigenvalue weighted by molar-refractivity contribution is 0.516. The van der Waals surface area contributed by atoms with Crippen LogP contribution in [0.15, 0.2) is 78.9 Å². The Labute approximate surface area is 481 Å². The Morgan fingerprint density at radius 3 is 0.818 bits per heavy atom. The van der Waals surface area contributed by atoms with E-state index in [1.165, 1.54) is 336 Å². The summed E-state index contributed by atoms with van der Waals surface area (Å²) in [4.78, 5) is 0. The van der Waals surface area contributed by atoms with Crippen LogP contribution in [0.2, 0.25) is 0 Å². The second-order valence-corrected chi connectivity index (χ2v) is 24.3. The smallest absolute Gasteiger partial charge is 0.0597 e. The van der Waals surface area contributed by atoms with E-state index in [0.717, 1.165) is 19.6 Å². The maximum absolute atomic E-state index is 4.15. The van der Waals surface area contributed by atoms with Crippen molar-refractivity contribution in [1.82, 2.24) is 10.6 Å². The van der Waals surface area contributed by atoms with Crippen molar-refractivity contribution < 1.29 is 0 Å². The van der Waals surface area contributed by atoms with Gasteiger partial charge in [-0.3, -0.25) is 0 Å². The zero-order valence-electron chi connectivity index (χ0n) is 51.7. The summed E-state index contributed by atoms with van der Waals surface area (Å²) < 4.78 is 0. The Balaban J connectivity index is 1.54. The van der Waals surface area contributed by atoms with E-state index < -0.39 is 0 Å². The first-order valence-electron chi connectivity index (χ1n) is 34.7. The lowest BCUT2D eigenvalue weighted by atomic mass is 9.91. The molecule has 0 heterocycles. The van der Waals surface area contributed by atoms with Gasteiger partial charge < -0.3 is 16.0 Å². The molecule has 0 aromatic heterocycles. The topological polar surface area (TPSA) is 36.1 Å². The Bertz CT molecular complexity index is 1640. The number of anilines is 1. The first kappa shape index (κ1) is 68.7. The molecule has 0 saturated carbocycles. The first-order chi connectivity index (χ1) is 38.3. The van der Waals surface area contributed by atoms with E-state index in [2.05, 4.69) is 116 Å². The van der Waals surface area contributed by atoms with Crippen molar-refractivity contribution >= 4 is 5.69 Å². The van der Waals surface area contributed by atoms with Crippen LogP contribution in [0.4, 0.5) is 5.69 Å². The van der Waals surface area contributed by atoms with Crippen LogP contribution in [0.1, 0.15) is 363 Å². The van der Waals surface area contributed by atoms with E-state index in [9.17, 15) is 0 Å². The fraction of sp³-hybridized carbons (Fsp3) is 0.757. The fourth-order valence-electron chi connectivity index (χ4n) is 12.0. The largest absolute Gasteiger partial charge is 0.385 e. The number of nitrogens with one attached hydrogen (secondary N) is 3. The molecule has 0 aliphatic carbocycles. The van der Waals surface area contributed by atoms with Crippen molar-refractivity contribution in [2.45, 2.75) is 341 Å². The minimum atomic E-state index is 0.137. The SMILES string of the molecule is CCCCCCCCCCCCCCCCCCNc1ccc(C(NCCCCCCCCCCCCCCCCCC)c2ccccc2)cc1C(NCCCCCCCCCCCCCCCCCC)c1ccccc1. The predicted molar refractivity (Wildman–Crippen MR) is 346 cm³/mol. The summed E-state index contributed by atoms with van der Waals surface area (Å²) >= 11 is 0. The molecule has 77 heavy (non-hydrogen) atoms. The normalized spacial score (nSPS) is 12.4. The molecule has 2 atom stereocenters. The van der Waals surface area contributed by atoms with Crippen LogP contribution in [-0.2, 0) is 0 Å². The van der Waals surface area contributed by atoms with Crippen LogP contribution in [-0.4, -0.2) is 19.6 Å². The molecule has 3 heteroatoms.